The molecular formula is C16H15ClN2O4. The van der Waals surface area contributed by atoms with Gasteiger partial charge in [-0.3, -0.25) is 14.9 Å². The van der Waals surface area contributed by atoms with Crippen LogP contribution in [0, 0.1) is 17.0 Å². The molecule has 0 aliphatic rings. The number of nitro benzene ring substituents is 1. The minimum atomic E-state index is -0.785. The van der Waals surface area contributed by atoms with Crippen LogP contribution < -0.4 is 10.1 Å². The van der Waals surface area contributed by atoms with Crippen LogP contribution >= 0.6 is 11.6 Å². The van der Waals surface area contributed by atoms with E-state index in [1.54, 1.807) is 13.0 Å². The van der Waals surface area contributed by atoms with Crippen LogP contribution in [-0.4, -0.2) is 16.9 Å². The molecule has 0 saturated carbocycles. The highest BCUT2D eigenvalue weighted by molar-refractivity contribution is 6.33. The number of ether oxygens (including phenoxy) is 1. The number of aryl methyl sites for hydroxylation is 1. The van der Waals surface area contributed by atoms with E-state index in [4.69, 9.17) is 16.3 Å². The standard InChI is InChI=1S/C16H15ClN2O4/c1-10-4-3-5-13(8-10)23-11(2)16(20)18-15-9-12(19(21)22)6-7-14(15)17/h3-9,11H,1-2H3,(H,18,20)/t11-/m1/s1. The summed E-state index contributed by atoms with van der Waals surface area (Å²) >= 11 is 5.95. The van der Waals surface area contributed by atoms with Gasteiger partial charge in [0.1, 0.15) is 5.75 Å². The number of amides is 1. The molecule has 0 bridgehead atoms. The number of hydrogen-bond acceptors (Lipinski definition) is 4. The van der Waals surface area contributed by atoms with Gasteiger partial charge in [-0.25, -0.2) is 0 Å². The van der Waals surface area contributed by atoms with Crippen LogP contribution in [0.15, 0.2) is 42.5 Å². The van der Waals surface area contributed by atoms with E-state index in [1.807, 2.05) is 25.1 Å². The van der Waals surface area contributed by atoms with Crippen LogP contribution in [0.5, 0.6) is 5.75 Å². The molecule has 0 spiro atoms. The molecule has 0 aliphatic carbocycles. The molecule has 0 unspecified atom stereocenters. The minimum Gasteiger partial charge on any atom is -0.481 e. The number of non-ortho nitro benzene ring substituents is 1. The van der Waals surface area contributed by atoms with Gasteiger partial charge in [0, 0.05) is 12.1 Å². The predicted octanol–water partition coefficient (Wildman–Crippen LogP) is 3.96. The summed E-state index contributed by atoms with van der Waals surface area (Å²) in [6, 6.07) is 11.1. The Morgan fingerprint density at radius 2 is 2.04 bits per heavy atom. The highest BCUT2D eigenvalue weighted by Crippen LogP contribution is 2.27. The van der Waals surface area contributed by atoms with Gasteiger partial charge in [-0.1, -0.05) is 23.7 Å². The van der Waals surface area contributed by atoms with Crippen molar-refractivity contribution in [2.24, 2.45) is 0 Å². The second-order valence-electron chi connectivity index (χ2n) is 4.99. The molecule has 0 heterocycles. The molecule has 0 radical (unpaired) electrons. The molecule has 1 amide bonds. The van der Waals surface area contributed by atoms with Gasteiger partial charge >= 0.3 is 0 Å². The van der Waals surface area contributed by atoms with Crippen molar-refractivity contribution in [3.8, 4) is 5.75 Å². The van der Waals surface area contributed by atoms with E-state index in [9.17, 15) is 14.9 Å². The fraction of sp³-hybridized carbons (Fsp3) is 0.188. The summed E-state index contributed by atoms with van der Waals surface area (Å²) in [6.07, 6.45) is -0.785. The highest BCUT2D eigenvalue weighted by Gasteiger charge is 2.18. The summed E-state index contributed by atoms with van der Waals surface area (Å²) in [5.41, 5.74) is 1.03. The molecule has 1 atom stereocenters. The van der Waals surface area contributed by atoms with Gasteiger partial charge in [0.25, 0.3) is 11.6 Å². The maximum absolute atomic E-state index is 12.2. The van der Waals surface area contributed by atoms with Gasteiger partial charge in [-0.15, -0.1) is 0 Å². The maximum Gasteiger partial charge on any atom is 0.271 e. The lowest BCUT2D eigenvalue weighted by Gasteiger charge is -2.15. The third-order valence-corrected chi connectivity index (χ3v) is 3.42. The summed E-state index contributed by atoms with van der Waals surface area (Å²) in [6.45, 7) is 3.50. The number of carbonyl (C=O) groups is 1. The molecule has 120 valence electrons. The third kappa shape index (κ3) is 4.43. The van der Waals surface area contributed by atoms with E-state index in [-0.39, 0.29) is 16.4 Å². The van der Waals surface area contributed by atoms with E-state index < -0.39 is 16.9 Å². The van der Waals surface area contributed by atoms with E-state index >= 15 is 0 Å². The van der Waals surface area contributed by atoms with Crippen LogP contribution in [-0.2, 0) is 4.79 Å². The maximum atomic E-state index is 12.2. The first-order valence-electron chi connectivity index (χ1n) is 6.85. The Kier molecular flexibility index (Phi) is 5.18. The average molecular weight is 335 g/mol. The number of anilines is 1. The van der Waals surface area contributed by atoms with Crippen molar-refractivity contribution in [3.05, 3.63) is 63.2 Å². The Balaban J connectivity index is 2.09. The number of nitrogens with zero attached hydrogens (tertiary/aromatic N) is 1. The molecule has 1 N–H and O–H groups in total. The number of halogens is 1. The number of hydrogen-bond donors (Lipinski definition) is 1. The van der Waals surface area contributed by atoms with Crippen LogP contribution in [0.1, 0.15) is 12.5 Å². The Bertz CT molecular complexity index is 749. The van der Waals surface area contributed by atoms with Crippen LogP contribution in [0.25, 0.3) is 0 Å². The van der Waals surface area contributed by atoms with E-state index in [2.05, 4.69) is 5.32 Å². The summed E-state index contributed by atoms with van der Waals surface area (Å²) in [4.78, 5) is 22.4. The molecule has 2 aromatic rings. The molecule has 2 aromatic carbocycles. The van der Waals surface area contributed by atoms with E-state index in [0.717, 1.165) is 5.56 Å². The summed E-state index contributed by atoms with van der Waals surface area (Å²) < 4.78 is 5.56. The van der Waals surface area contributed by atoms with Gasteiger partial charge in [-0.05, 0) is 37.6 Å². The first-order valence-corrected chi connectivity index (χ1v) is 7.23. The Morgan fingerprint density at radius 1 is 1.30 bits per heavy atom. The van der Waals surface area contributed by atoms with Crippen molar-refractivity contribution in [2.75, 3.05) is 5.32 Å². The van der Waals surface area contributed by atoms with Gasteiger partial charge in [-0.2, -0.15) is 0 Å². The minimum absolute atomic E-state index is 0.156. The molecule has 0 fully saturated rings. The van der Waals surface area contributed by atoms with Crippen LogP contribution in [0.4, 0.5) is 11.4 Å². The Labute approximate surface area is 138 Å². The van der Waals surface area contributed by atoms with E-state index in [0.29, 0.717) is 5.75 Å². The largest absolute Gasteiger partial charge is 0.481 e. The number of carbonyl (C=O) groups excluding carboxylic acids is 1. The SMILES string of the molecule is Cc1cccc(O[C@H](C)C(=O)Nc2cc([N+](=O)[O-])ccc2Cl)c1. The quantitative estimate of drug-likeness (QED) is 0.662. The summed E-state index contributed by atoms with van der Waals surface area (Å²) in [5.74, 6) is 0.117. The Hall–Kier alpha value is -2.60. The van der Waals surface area contributed by atoms with Crippen molar-refractivity contribution < 1.29 is 14.5 Å². The van der Waals surface area contributed by atoms with Crippen molar-refractivity contribution in [1.29, 1.82) is 0 Å². The first kappa shape index (κ1) is 16.8. The summed E-state index contributed by atoms with van der Waals surface area (Å²) in [7, 11) is 0. The van der Waals surface area contributed by atoms with Crippen molar-refractivity contribution >= 4 is 28.9 Å². The molecule has 2 rings (SSSR count). The van der Waals surface area contributed by atoms with Crippen molar-refractivity contribution in [1.82, 2.24) is 0 Å². The van der Waals surface area contributed by atoms with Gasteiger partial charge < -0.3 is 10.1 Å². The molecule has 0 aliphatic heterocycles. The normalized spacial score (nSPS) is 11.6. The number of rotatable bonds is 5. The lowest BCUT2D eigenvalue weighted by molar-refractivity contribution is -0.384. The zero-order valence-electron chi connectivity index (χ0n) is 12.6. The molecular weight excluding hydrogens is 320 g/mol. The molecule has 23 heavy (non-hydrogen) atoms. The molecule has 0 saturated heterocycles. The molecule has 7 heteroatoms. The van der Waals surface area contributed by atoms with Crippen molar-refractivity contribution in [2.45, 2.75) is 20.0 Å². The topological polar surface area (TPSA) is 81.5 Å². The number of benzene rings is 2. The number of nitro groups is 1. The number of nitrogens with one attached hydrogen (secondary N) is 1. The monoisotopic (exact) mass is 334 g/mol. The zero-order chi connectivity index (χ0) is 17.0. The summed E-state index contributed by atoms with van der Waals surface area (Å²) in [5, 5.41) is 13.5. The fourth-order valence-electron chi connectivity index (χ4n) is 1.90. The molecule has 0 aromatic heterocycles. The average Bonchev–Trinajstić information content (AvgIpc) is 2.49. The lowest BCUT2D eigenvalue weighted by atomic mass is 10.2. The van der Waals surface area contributed by atoms with Crippen molar-refractivity contribution in [3.63, 3.8) is 0 Å². The fourth-order valence-corrected chi connectivity index (χ4v) is 2.07. The zero-order valence-corrected chi connectivity index (χ0v) is 13.3. The second-order valence-corrected chi connectivity index (χ2v) is 5.39. The highest BCUT2D eigenvalue weighted by atomic mass is 35.5. The third-order valence-electron chi connectivity index (χ3n) is 3.09. The van der Waals surface area contributed by atoms with E-state index in [1.165, 1.54) is 18.2 Å². The smallest absolute Gasteiger partial charge is 0.271 e. The first-order chi connectivity index (χ1) is 10.9. The lowest BCUT2D eigenvalue weighted by Crippen LogP contribution is -2.30. The molecule has 6 nitrogen and oxygen atoms in total. The van der Waals surface area contributed by atoms with Crippen LogP contribution in [0.2, 0.25) is 5.02 Å². The van der Waals surface area contributed by atoms with Gasteiger partial charge in [0.2, 0.25) is 0 Å². The predicted molar refractivity (Wildman–Crippen MR) is 88.0 cm³/mol. The van der Waals surface area contributed by atoms with Gasteiger partial charge in [0.05, 0.1) is 15.6 Å². The Morgan fingerprint density at radius 3 is 2.70 bits per heavy atom. The second kappa shape index (κ2) is 7.11. The van der Waals surface area contributed by atoms with Crippen LogP contribution in [0.3, 0.4) is 0 Å². The van der Waals surface area contributed by atoms with Gasteiger partial charge in [0.15, 0.2) is 6.10 Å².